The van der Waals surface area contributed by atoms with Gasteiger partial charge < -0.3 is 20.7 Å². The Morgan fingerprint density at radius 2 is 1.77 bits per heavy atom. The molecule has 0 aromatic heterocycles. The molecule has 0 unspecified atom stereocenters. The number of hydrogen-bond donors (Lipinski definition) is 3. The fourth-order valence-electron chi connectivity index (χ4n) is 3.57. The van der Waals surface area contributed by atoms with Gasteiger partial charge in [0, 0.05) is 6.42 Å². The van der Waals surface area contributed by atoms with E-state index in [1.54, 1.807) is 20.8 Å². The molecule has 1 heterocycles. The van der Waals surface area contributed by atoms with Gasteiger partial charge in [-0.1, -0.05) is 44.2 Å². The van der Waals surface area contributed by atoms with Crippen molar-refractivity contribution in [1.29, 1.82) is 0 Å². The summed E-state index contributed by atoms with van der Waals surface area (Å²) in [4.78, 5) is 38.6. The van der Waals surface area contributed by atoms with Gasteiger partial charge in [0.2, 0.25) is 11.8 Å². The molecule has 1 aliphatic heterocycles. The summed E-state index contributed by atoms with van der Waals surface area (Å²) in [6, 6.07) is 7.68. The third-order valence-electron chi connectivity index (χ3n) is 5.01. The van der Waals surface area contributed by atoms with Crippen molar-refractivity contribution in [3.63, 3.8) is 0 Å². The Hall–Kier alpha value is -2.41. The molecule has 1 saturated heterocycles. The molecule has 0 bridgehead atoms. The summed E-state index contributed by atoms with van der Waals surface area (Å²) in [7, 11) is 0. The lowest BCUT2D eigenvalue weighted by molar-refractivity contribution is -0.159. The quantitative estimate of drug-likeness (QED) is 0.522. The predicted octanol–water partition coefficient (Wildman–Crippen LogP) is 2.34. The van der Waals surface area contributed by atoms with E-state index in [2.05, 4.69) is 16.0 Å². The summed E-state index contributed by atoms with van der Waals surface area (Å²) in [5.41, 5.74) is 0.281. The van der Waals surface area contributed by atoms with Gasteiger partial charge in [-0.25, -0.2) is 4.79 Å². The number of rotatable bonds is 9. The number of benzene rings is 1. The van der Waals surface area contributed by atoms with E-state index >= 15 is 0 Å². The molecular weight excluding hydrogens is 394 g/mol. The first-order valence-corrected chi connectivity index (χ1v) is 11.2. The average Bonchev–Trinajstić information content (AvgIpc) is 3.21. The van der Waals surface area contributed by atoms with E-state index in [0.29, 0.717) is 12.8 Å². The van der Waals surface area contributed by atoms with Crippen molar-refractivity contribution in [1.82, 2.24) is 16.0 Å². The summed E-state index contributed by atoms with van der Waals surface area (Å²) in [6.07, 6.45) is 2.48. The van der Waals surface area contributed by atoms with Crippen LogP contribution in [-0.4, -0.2) is 48.1 Å². The van der Waals surface area contributed by atoms with Gasteiger partial charge in [0.15, 0.2) is 0 Å². The van der Waals surface area contributed by atoms with Gasteiger partial charge in [0.05, 0.1) is 6.04 Å². The fourth-order valence-corrected chi connectivity index (χ4v) is 3.57. The van der Waals surface area contributed by atoms with Crippen molar-refractivity contribution in [2.24, 2.45) is 5.92 Å². The smallest absolute Gasteiger partial charge is 0.329 e. The molecule has 0 spiro atoms. The first kappa shape index (κ1) is 24.9. The molecule has 0 aliphatic carbocycles. The first-order valence-electron chi connectivity index (χ1n) is 11.2. The molecule has 1 fully saturated rings. The maximum Gasteiger partial charge on any atom is 0.329 e. The van der Waals surface area contributed by atoms with Crippen LogP contribution in [0, 0.1) is 5.92 Å². The maximum atomic E-state index is 13.2. The molecule has 0 saturated carbocycles. The van der Waals surface area contributed by atoms with Crippen LogP contribution in [0.3, 0.4) is 0 Å². The van der Waals surface area contributed by atoms with Gasteiger partial charge in [-0.3, -0.25) is 9.59 Å². The second kappa shape index (κ2) is 11.3. The highest BCUT2D eigenvalue weighted by Gasteiger charge is 2.32. The van der Waals surface area contributed by atoms with Crippen LogP contribution in [0.1, 0.15) is 59.4 Å². The van der Waals surface area contributed by atoms with E-state index in [4.69, 9.17) is 4.74 Å². The van der Waals surface area contributed by atoms with E-state index < -0.39 is 23.7 Å². The Morgan fingerprint density at radius 3 is 2.32 bits per heavy atom. The molecule has 1 aromatic rings. The Balaban J connectivity index is 2.15. The Bertz CT molecular complexity index is 737. The zero-order valence-corrected chi connectivity index (χ0v) is 19.4. The zero-order valence-electron chi connectivity index (χ0n) is 19.4. The maximum absolute atomic E-state index is 13.2. The van der Waals surface area contributed by atoms with Crippen LogP contribution in [0.2, 0.25) is 0 Å². The van der Waals surface area contributed by atoms with Gasteiger partial charge in [-0.05, 0) is 58.1 Å². The zero-order chi connectivity index (χ0) is 23.0. The van der Waals surface area contributed by atoms with Gasteiger partial charge >= 0.3 is 5.97 Å². The topological polar surface area (TPSA) is 96.5 Å². The summed E-state index contributed by atoms with van der Waals surface area (Å²) in [5, 5.41) is 8.88. The van der Waals surface area contributed by atoms with Gasteiger partial charge in [-0.15, -0.1) is 0 Å². The van der Waals surface area contributed by atoms with Gasteiger partial charge in [0.1, 0.15) is 17.7 Å². The van der Waals surface area contributed by atoms with Crippen molar-refractivity contribution in [2.45, 2.75) is 84.0 Å². The van der Waals surface area contributed by atoms with Crippen molar-refractivity contribution < 1.29 is 19.1 Å². The first-order chi connectivity index (χ1) is 14.5. The highest BCUT2D eigenvalue weighted by atomic mass is 16.6. The molecule has 172 valence electrons. The summed E-state index contributed by atoms with van der Waals surface area (Å²) < 4.78 is 5.51. The molecule has 7 heteroatoms. The van der Waals surface area contributed by atoms with Crippen LogP contribution in [0.5, 0.6) is 0 Å². The van der Waals surface area contributed by atoms with Crippen molar-refractivity contribution in [3.8, 4) is 0 Å². The predicted molar refractivity (Wildman–Crippen MR) is 120 cm³/mol. The summed E-state index contributed by atoms with van der Waals surface area (Å²) in [5.74, 6) is -0.850. The van der Waals surface area contributed by atoms with Crippen LogP contribution in [-0.2, 0) is 25.5 Å². The molecule has 3 atom stereocenters. The molecular formula is C24H37N3O4. The molecule has 2 amide bonds. The second-order valence-corrected chi connectivity index (χ2v) is 9.62. The van der Waals surface area contributed by atoms with Crippen molar-refractivity contribution in [2.75, 3.05) is 6.54 Å². The molecule has 31 heavy (non-hydrogen) atoms. The number of carbonyl (C=O) groups excluding carboxylic acids is 3. The monoisotopic (exact) mass is 431 g/mol. The SMILES string of the molecule is CC(C)C[C@H](NC(=O)[C@@H](Cc1ccccc1)NC(=O)[C@@H]1CCCN1)C(=O)OC(C)(C)C. The number of ether oxygens (including phenoxy) is 1. The van der Waals surface area contributed by atoms with E-state index in [1.807, 2.05) is 44.2 Å². The van der Waals surface area contributed by atoms with Crippen LogP contribution in [0.4, 0.5) is 0 Å². The Morgan fingerprint density at radius 1 is 1.10 bits per heavy atom. The number of esters is 1. The van der Waals surface area contributed by atoms with Crippen LogP contribution < -0.4 is 16.0 Å². The van der Waals surface area contributed by atoms with Gasteiger partial charge in [-0.2, -0.15) is 0 Å². The van der Waals surface area contributed by atoms with Crippen LogP contribution in [0.15, 0.2) is 30.3 Å². The summed E-state index contributed by atoms with van der Waals surface area (Å²) >= 11 is 0. The van der Waals surface area contributed by atoms with E-state index in [0.717, 1.165) is 24.9 Å². The summed E-state index contributed by atoms with van der Waals surface area (Å²) in [6.45, 7) is 10.2. The van der Waals surface area contributed by atoms with Crippen LogP contribution >= 0.6 is 0 Å². The normalized spacial score (nSPS) is 18.3. The van der Waals surface area contributed by atoms with E-state index in [-0.39, 0.29) is 23.8 Å². The molecule has 1 aromatic carbocycles. The Kier molecular flexibility index (Phi) is 9.04. The Labute approximate surface area is 185 Å². The number of carbonyl (C=O) groups is 3. The molecule has 3 N–H and O–H groups in total. The number of hydrogen-bond acceptors (Lipinski definition) is 5. The van der Waals surface area contributed by atoms with Crippen LogP contribution in [0.25, 0.3) is 0 Å². The fraction of sp³-hybridized carbons (Fsp3) is 0.625. The largest absolute Gasteiger partial charge is 0.458 e. The minimum atomic E-state index is -0.783. The minimum Gasteiger partial charge on any atom is -0.458 e. The third-order valence-corrected chi connectivity index (χ3v) is 5.01. The number of amides is 2. The lowest BCUT2D eigenvalue weighted by Crippen LogP contribution is -2.55. The van der Waals surface area contributed by atoms with Gasteiger partial charge in [0.25, 0.3) is 0 Å². The number of nitrogens with one attached hydrogen (secondary N) is 3. The highest BCUT2D eigenvalue weighted by molar-refractivity contribution is 5.92. The van der Waals surface area contributed by atoms with Crippen molar-refractivity contribution in [3.05, 3.63) is 35.9 Å². The second-order valence-electron chi connectivity index (χ2n) is 9.62. The average molecular weight is 432 g/mol. The molecule has 0 radical (unpaired) electrons. The van der Waals surface area contributed by atoms with Crippen molar-refractivity contribution >= 4 is 17.8 Å². The van der Waals surface area contributed by atoms with E-state index in [1.165, 1.54) is 0 Å². The highest BCUT2D eigenvalue weighted by Crippen LogP contribution is 2.14. The van der Waals surface area contributed by atoms with E-state index in [9.17, 15) is 14.4 Å². The lowest BCUT2D eigenvalue weighted by atomic mass is 10.0. The molecule has 2 rings (SSSR count). The third kappa shape index (κ3) is 8.69. The lowest BCUT2D eigenvalue weighted by Gasteiger charge is -2.27. The standard InChI is InChI=1S/C24H37N3O4/c1-16(2)14-20(23(30)31-24(3,4)5)27-22(29)19(15-17-10-7-6-8-11-17)26-21(28)18-12-9-13-25-18/h6-8,10-11,16,18-20,25H,9,12-15H2,1-5H3,(H,26,28)(H,27,29)/t18-,19+,20-/m0/s1. The molecule has 1 aliphatic rings. The molecule has 7 nitrogen and oxygen atoms in total. The minimum absolute atomic E-state index is 0.183.